The summed E-state index contributed by atoms with van der Waals surface area (Å²) in [4.78, 5) is 10.9. The molecule has 1 aliphatic rings. The van der Waals surface area contributed by atoms with Gasteiger partial charge < -0.3 is 15.2 Å². The number of sulfonamides is 1. The highest BCUT2D eigenvalue weighted by Gasteiger charge is 2.25. The van der Waals surface area contributed by atoms with Crippen molar-refractivity contribution in [2.45, 2.75) is 43.8 Å². The fourth-order valence-corrected chi connectivity index (χ4v) is 5.73. The summed E-state index contributed by atoms with van der Waals surface area (Å²) in [7, 11) is -3.66. The molecule has 4 aromatic rings. The minimum atomic E-state index is -3.66. The molecule has 0 spiro atoms. The number of benzene rings is 2. The standard InChI is InChI=1S/C27H29F2N7O3S/c1-18-14-22(34-39-18)17-36-12-9-20(10-13-36)35-40(37,38)23-5-2-19(3-6-23)16-31-27-30-11-8-26(33-27)32-21-4-7-24(28)25(29)15-21/h2-8,11,14-15,20,35H,9-10,12-13,16-17H2,1H3,(H2,30,31,32,33). The van der Waals surface area contributed by atoms with Crippen LogP contribution in [0.25, 0.3) is 0 Å². The molecule has 40 heavy (non-hydrogen) atoms. The quantitative estimate of drug-likeness (QED) is 0.256. The molecule has 1 fully saturated rings. The van der Waals surface area contributed by atoms with Crippen molar-refractivity contribution in [1.29, 1.82) is 0 Å². The largest absolute Gasteiger partial charge is 0.361 e. The molecule has 5 rings (SSSR count). The average molecular weight is 570 g/mol. The lowest BCUT2D eigenvalue weighted by Crippen LogP contribution is -2.44. The van der Waals surface area contributed by atoms with Gasteiger partial charge in [-0.15, -0.1) is 0 Å². The molecule has 2 aromatic carbocycles. The fourth-order valence-electron chi connectivity index (χ4n) is 4.42. The van der Waals surface area contributed by atoms with Crippen LogP contribution in [0.3, 0.4) is 0 Å². The summed E-state index contributed by atoms with van der Waals surface area (Å²) in [6.07, 6.45) is 2.95. The second kappa shape index (κ2) is 12.1. The summed E-state index contributed by atoms with van der Waals surface area (Å²) >= 11 is 0. The Hall–Kier alpha value is -3.94. The predicted molar refractivity (Wildman–Crippen MR) is 145 cm³/mol. The minimum absolute atomic E-state index is 0.133. The minimum Gasteiger partial charge on any atom is -0.361 e. The normalized spacial score (nSPS) is 14.8. The van der Waals surface area contributed by atoms with Crippen LogP contribution in [0.4, 0.5) is 26.2 Å². The number of rotatable bonds is 10. The molecule has 10 nitrogen and oxygen atoms in total. The highest BCUT2D eigenvalue weighted by atomic mass is 32.2. The number of hydrogen-bond acceptors (Lipinski definition) is 9. The Morgan fingerprint density at radius 1 is 1.02 bits per heavy atom. The Balaban J connectivity index is 1.11. The molecule has 0 amide bonds. The lowest BCUT2D eigenvalue weighted by molar-refractivity contribution is 0.195. The highest BCUT2D eigenvalue weighted by Crippen LogP contribution is 2.20. The third-order valence-corrected chi connectivity index (χ3v) is 8.04. The van der Waals surface area contributed by atoms with Gasteiger partial charge in [0, 0.05) is 56.2 Å². The van der Waals surface area contributed by atoms with Crippen LogP contribution < -0.4 is 15.4 Å². The third-order valence-electron chi connectivity index (χ3n) is 6.50. The predicted octanol–water partition coefficient (Wildman–Crippen LogP) is 4.35. The molecule has 210 valence electrons. The van der Waals surface area contributed by atoms with Gasteiger partial charge in [0.25, 0.3) is 0 Å². The van der Waals surface area contributed by atoms with E-state index < -0.39 is 21.7 Å². The topological polar surface area (TPSA) is 125 Å². The van der Waals surface area contributed by atoms with E-state index in [4.69, 9.17) is 4.52 Å². The zero-order valence-corrected chi connectivity index (χ0v) is 22.6. The molecule has 0 bridgehead atoms. The van der Waals surface area contributed by atoms with Crippen molar-refractivity contribution in [3.63, 3.8) is 0 Å². The number of hydrogen-bond donors (Lipinski definition) is 3. The van der Waals surface area contributed by atoms with Crippen LogP contribution in [0.15, 0.2) is 70.2 Å². The maximum absolute atomic E-state index is 13.5. The van der Waals surface area contributed by atoms with Crippen LogP contribution in [-0.4, -0.2) is 47.6 Å². The van der Waals surface area contributed by atoms with E-state index in [9.17, 15) is 17.2 Å². The average Bonchev–Trinajstić information content (AvgIpc) is 3.35. The van der Waals surface area contributed by atoms with Crippen molar-refractivity contribution in [2.24, 2.45) is 0 Å². The molecule has 0 radical (unpaired) electrons. The number of likely N-dealkylation sites (tertiary alicyclic amines) is 1. The first-order valence-electron chi connectivity index (χ1n) is 12.8. The van der Waals surface area contributed by atoms with Gasteiger partial charge in [-0.2, -0.15) is 4.98 Å². The first kappa shape index (κ1) is 27.6. The smallest absolute Gasteiger partial charge is 0.240 e. The number of aryl methyl sites for hydroxylation is 1. The van der Waals surface area contributed by atoms with Crippen LogP contribution >= 0.6 is 0 Å². The SMILES string of the molecule is Cc1cc(CN2CCC(NS(=O)(=O)c3ccc(CNc4nccc(Nc5ccc(F)c(F)c5)n4)cc3)CC2)no1. The number of nitrogens with one attached hydrogen (secondary N) is 3. The molecule has 1 aliphatic heterocycles. The van der Waals surface area contributed by atoms with Crippen LogP contribution in [0, 0.1) is 18.6 Å². The molecule has 0 atom stereocenters. The van der Waals surface area contributed by atoms with E-state index in [2.05, 4.69) is 35.4 Å². The van der Waals surface area contributed by atoms with E-state index in [0.29, 0.717) is 43.4 Å². The number of aromatic nitrogens is 3. The Bertz CT molecular complexity index is 1560. The van der Waals surface area contributed by atoms with E-state index in [1.165, 1.54) is 12.3 Å². The lowest BCUT2D eigenvalue weighted by atomic mass is 10.1. The number of anilines is 3. The Morgan fingerprint density at radius 3 is 2.50 bits per heavy atom. The summed E-state index contributed by atoms with van der Waals surface area (Å²) in [5.41, 5.74) is 2.06. The molecular weight excluding hydrogens is 540 g/mol. The first-order chi connectivity index (χ1) is 19.2. The van der Waals surface area contributed by atoms with Crippen molar-refractivity contribution < 1.29 is 21.7 Å². The Morgan fingerprint density at radius 2 is 1.80 bits per heavy atom. The molecule has 13 heteroatoms. The van der Waals surface area contributed by atoms with Crippen molar-refractivity contribution in [1.82, 2.24) is 24.7 Å². The summed E-state index contributed by atoms with van der Waals surface area (Å²) in [5, 5.41) is 10.0. The maximum atomic E-state index is 13.5. The van der Waals surface area contributed by atoms with E-state index in [-0.39, 0.29) is 10.9 Å². The van der Waals surface area contributed by atoms with Gasteiger partial charge in [-0.25, -0.2) is 26.9 Å². The maximum Gasteiger partial charge on any atom is 0.240 e. The molecule has 1 saturated heterocycles. The molecule has 2 aromatic heterocycles. The van der Waals surface area contributed by atoms with E-state index in [1.807, 2.05) is 13.0 Å². The van der Waals surface area contributed by atoms with Crippen molar-refractivity contribution in [3.8, 4) is 0 Å². The van der Waals surface area contributed by atoms with Crippen molar-refractivity contribution >= 4 is 27.5 Å². The second-order valence-corrected chi connectivity index (χ2v) is 11.3. The van der Waals surface area contributed by atoms with E-state index in [1.54, 1.807) is 30.3 Å². The van der Waals surface area contributed by atoms with Crippen molar-refractivity contribution in [2.75, 3.05) is 23.7 Å². The van der Waals surface area contributed by atoms with Crippen LogP contribution in [0.1, 0.15) is 29.9 Å². The summed E-state index contributed by atoms with van der Waals surface area (Å²) in [6, 6.07) is 13.5. The molecular formula is C27H29F2N7O3S. The van der Waals surface area contributed by atoms with Gasteiger partial charge >= 0.3 is 0 Å². The number of piperidine rings is 1. The first-order valence-corrected chi connectivity index (χ1v) is 14.3. The highest BCUT2D eigenvalue weighted by molar-refractivity contribution is 7.89. The lowest BCUT2D eigenvalue weighted by Gasteiger charge is -2.31. The molecule has 3 N–H and O–H groups in total. The molecule has 0 unspecified atom stereocenters. The monoisotopic (exact) mass is 569 g/mol. The van der Waals surface area contributed by atoms with Gasteiger partial charge in [0.1, 0.15) is 11.6 Å². The zero-order chi connectivity index (χ0) is 28.1. The van der Waals surface area contributed by atoms with Gasteiger partial charge in [-0.3, -0.25) is 4.90 Å². The van der Waals surface area contributed by atoms with Gasteiger partial charge in [0.2, 0.25) is 16.0 Å². The Labute approximate surface area is 230 Å². The third kappa shape index (κ3) is 7.17. The van der Waals surface area contributed by atoms with Crippen LogP contribution in [0.5, 0.6) is 0 Å². The van der Waals surface area contributed by atoms with Gasteiger partial charge in [-0.1, -0.05) is 17.3 Å². The fraction of sp³-hybridized carbons (Fsp3) is 0.296. The van der Waals surface area contributed by atoms with Crippen LogP contribution in [0.2, 0.25) is 0 Å². The molecule has 0 aliphatic carbocycles. The summed E-state index contributed by atoms with van der Waals surface area (Å²) in [5.74, 6) is -0.402. The zero-order valence-electron chi connectivity index (χ0n) is 21.8. The van der Waals surface area contributed by atoms with Crippen LogP contribution in [-0.2, 0) is 23.1 Å². The van der Waals surface area contributed by atoms with E-state index in [0.717, 1.165) is 42.2 Å². The van der Waals surface area contributed by atoms with Gasteiger partial charge in [-0.05, 0) is 55.7 Å². The van der Waals surface area contributed by atoms with E-state index >= 15 is 0 Å². The number of halogens is 2. The Kier molecular flexibility index (Phi) is 8.33. The summed E-state index contributed by atoms with van der Waals surface area (Å²) < 4.78 is 60.5. The van der Waals surface area contributed by atoms with Gasteiger partial charge in [0.15, 0.2) is 11.6 Å². The van der Waals surface area contributed by atoms with Crippen molar-refractivity contribution in [3.05, 3.63) is 89.4 Å². The molecule has 0 saturated carbocycles. The second-order valence-electron chi connectivity index (χ2n) is 9.62. The summed E-state index contributed by atoms with van der Waals surface area (Å²) in [6.45, 7) is 4.43. The number of nitrogens with zero attached hydrogens (tertiary/aromatic N) is 4. The van der Waals surface area contributed by atoms with Gasteiger partial charge in [0.05, 0.1) is 10.6 Å². The molecule has 3 heterocycles.